The maximum absolute atomic E-state index is 12.2. The summed E-state index contributed by atoms with van der Waals surface area (Å²) in [6.07, 6.45) is 5.05. The summed E-state index contributed by atoms with van der Waals surface area (Å²) >= 11 is 0. The van der Waals surface area contributed by atoms with E-state index in [9.17, 15) is 9.59 Å². The Morgan fingerprint density at radius 2 is 1.89 bits per heavy atom. The summed E-state index contributed by atoms with van der Waals surface area (Å²) in [5.41, 5.74) is 0. The number of carboxylic acids is 1. The van der Waals surface area contributed by atoms with Gasteiger partial charge in [-0.2, -0.15) is 0 Å². The number of likely N-dealkylation sites (tertiary alicyclic amines) is 1. The zero-order chi connectivity index (χ0) is 13.1. The van der Waals surface area contributed by atoms with Crippen LogP contribution in [0.1, 0.15) is 32.1 Å². The lowest BCUT2D eigenvalue weighted by atomic mass is 9.78. The molecule has 1 saturated carbocycles. The van der Waals surface area contributed by atoms with Crippen LogP contribution in [0, 0.1) is 11.8 Å². The molecule has 102 valence electrons. The predicted molar refractivity (Wildman–Crippen MR) is 67.3 cm³/mol. The summed E-state index contributed by atoms with van der Waals surface area (Å²) < 4.78 is 0. The number of urea groups is 1. The van der Waals surface area contributed by atoms with E-state index in [2.05, 4.69) is 0 Å². The third-order valence-electron chi connectivity index (χ3n) is 4.11. The van der Waals surface area contributed by atoms with E-state index in [4.69, 9.17) is 5.11 Å². The fraction of sp³-hybridized carbons (Fsp3) is 0.846. The molecule has 2 rings (SSSR count). The Bertz CT molecular complexity index is 320. The van der Waals surface area contributed by atoms with E-state index in [-0.39, 0.29) is 12.5 Å². The molecule has 18 heavy (non-hydrogen) atoms. The molecule has 2 bridgehead atoms. The summed E-state index contributed by atoms with van der Waals surface area (Å²) in [5, 5.41) is 8.63. The van der Waals surface area contributed by atoms with Gasteiger partial charge in [0.25, 0.3) is 0 Å². The number of hydrogen-bond acceptors (Lipinski definition) is 2. The molecule has 2 unspecified atom stereocenters. The molecular weight excluding hydrogens is 232 g/mol. The minimum Gasteiger partial charge on any atom is -0.481 e. The second kappa shape index (κ2) is 5.59. The van der Waals surface area contributed by atoms with Crippen molar-refractivity contribution in [2.45, 2.75) is 32.1 Å². The van der Waals surface area contributed by atoms with Crippen LogP contribution in [0.4, 0.5) is 4.79 Å². The van der Waals surface area contributed by atoms with Gasteiger partial charge < -0.3 is 14.9 Å². The number of carbonyl (C=O) groups excluding carboxylic acids is 1. The lowest BCUT2D eigenvalue weighted by Crippen LogP contribution is -2.50. The van der Waals surface area contributed by atoms with Crippen LogP contribution in [0.25, 0.3) is 0 Å². The standard InChI is InChI=1S/C13H22N2O3/c1-14(6-5-12(16)17)13(18)15-8-10-3-2-4-11(7-10)9-15/h10-11H,2-9H2,1H3,(H,16,17). The lowest BCUT2D eigenvalue weighted by molar-refractivity contribution is -0.137. The van der Waals surface area contributed by atoms with Crippen molar-refractivity contribution >= 4 is 12.0 Å². The van der Waals surface area contributed by atoms with Gasteiger partial charge in [-0.15, -0.1) is 0 Å². The molecule has 0 spiro atoms. The molecule has 5 nitrogen and oxygen atoms in total. The molecule has 0 aromatic carbocycles. The van der Waals surface area contributed by atoms with E-state index in [1.165, 1.54) is 30.6 Å². The predicted octanol–water partition coefficient (Wildman–Crippen LogP) is 1.63. The third-order valence-corrected chi connectivity index (χ3v) is 4.11. The lowest BCUT2D eigenvalue weighted by Gasteiger charge is -2.42. The maximum atomic E-state index is 12.2. The molecule has 2 atom stereocenters. The minimum atomic E-state index is -0.856. The molecule has 2 aliphatic rings. The van der Waals surface area contributed by atoms with Crippen LogP contribution in [0.5, 0.6) is 0 Å². The molecule has 0 aromatic rings. The van der Waals surface area contributed by atoms with Crippen LogP contribution in [0.2, 0.25) is 0 Å². The average Bonchev–Trinajstić information content (AvgIpc) is 2.34. The number of piperidine rings is 1. The second-order valence-corrected chi connectivity index (χ2v) is 5.65. The number of nitrogens with zero attached hydrogens (tertiary/aromatic N) is 2. The highest BCUT2D eigenvalue weighted by Crippen LogP contribution is 2.34. The van der Waals surface area contributed by atoms with Crippen molar-refractivity contribution in [3.05, 3.63) is 0 Å². The van der Waals surface area contributed by atoms with Gasteiger partial charge in [-0.05, 0) is 31.1 Å². The van der Waals surface area contributed by atoms with Crippen LogP contribution in [-0.4, -0.2) is 53.6 Å². The highest BCUT2D eigenvalue weighted by Gasteiger charge is 2.33. The van der Waals surface area contributed by atoms with Crippen molar-refractivity contribution in [2.24, 2.45) is 11.8 Å². The Morgan fingerprint density at radius 3 is 2.44 bits per heavy atom. The Hall–Kier alpha value is -1.26. The van der Waals surface area contributed by atoms with Crippen LogP contribution < -0.4 is 0 Å². The number of amides is 2. The molecule has 5 heteroatoms. The first kappa shape index (κ1) is 13.2. The van der Waals surface area contributed by atoms with Crippen molar-refractivity contribution < 1.29 is 14.7 Å². The number of hydrogen-bond donors (Lipinski definition) is 1. The largest absolute Gasteiger partial charge is 0.481 e. The van der Waals surface area contributed by atoms with Gasteiger partial charge in [0.2, 0.25) is 0 Å². The molecule has 1 N–H and O–H groups in total. The fourth-order valence-corrected chi connectivity index (χ4v) is 3.19. The summed E-state index contributed by atoms with van der Waals surface area (Å²) in [6, 6.07) is -0.00662. The van der Waals surface area contributed by atoms with E-state index in [1.54, 1.807) is 7.05 Å². The van der Waals surface area contributed by atoms with E-state index < -0.39 is 5.97 Å². The van der Waals surface area contributed by atoms with E-state index >= 15 is 0 Å². The van der Waals surface area contributed by atoms with Gasteiger partial charge >= 0.3 is 12.0 Å². The Balaban J connectivity index is 1.86. The van der Waals surface area contributed by atoms with Crippen LogP contribution in [0.15, 0.2) is 0 Å². The number of rotatable bonds is 3. The normalized spacial score (nSPS) is 26.8. The van der Waals surface area contributed by atoms with Gasteiger partial charge in [0, 0.05) is 26.7 Å². The van der Waals surface area contributed by atoms with Gasteiger partial charge in [-0.25, -0.2) is 4.79 Å². The van der Waals surface area contributed by atoms with Crippen molar-refractivity contribution in [1.82, 2.24) is 9.80 Å². The smallest absolute Gasteiger partial charge is 0.319 e. The molecule has 1 aliphatic heterocycles. The van der Waals surface area contributed by atoms with Crippen LogP contribution in [0.3, 0.4) is 0 Å². The van der Waals surface area contributed by atoms with Gasteiger partial charge in [0.1, 0.15) is 0 Å². The third kappa shape index (κ3) is 3.15. The Labute approximate surface area is 108 Å². The SMILES string of the molecule is CN(CCC(=O)O)C(=O)N1CC2CCCC(C2)C1. The number of carbonyl (C=O) groups is 2. The second-order valence-electron chi connectivity index (χ2n) is 5.65. The number of fused-ring (bicyclic) bond motifs is 2. The van der Waals surface area contributed by atoms with Gasteiger partial charge in [-0.1, -0.05) is 6.42 Å². The first-order valence-corrected chi connectivity index (χ1v) is 6.78. The first-order chi connectivity index (χ1) is 8.56. The molecular formula is C13H22N2O3. The van der Waals surface area contributed by atoms with Crippen molar-refractivity contribution in [3.63, 3.8) is 0 Å². The van der Waals surface area contributed by atoms with Crippen LogP contribution >= 0.6 is 0 Å². The summed E-state index contributed by atoms with van der Waals surface area (Å²) in [5.74, 6) is 0.466. The number of aliphatic carboxylic acids is 1. The molecule has 2 fully saturated rings. The molecule has 0 aromatic heterocycles. The van der Waals surface area contributed by atoms with Crippen molar-refractivity contribution in [3.8, 4) is 0 Å². The van der Waals surface area contributed by atoms with E-state index in [1.807, 2.05) is 4.90 Å². The van der Waals surface area contributed by atoms with E-state index in [0.29, 0.717) is 18.4 Å². The highest BCUT2D eigenvalue weighted by atomic mass is 16.4. The summed E-state index contributed by atoms with van der Waals surface area (Å²) in [6.45, 7) is 2.00. The summed E-state index contributed by atoms with van der Waals surface area (Å²) in [4.78, 5) is 26.2. The average molecular weight is 254 g/mol. The van der Waals surface area contributed by atoms with Gasteiger partial charge in [0.05, 0.1) is 6.42 Å². The fourth-order valence-electron chi connectivity index (χ4n) is 3.19. The van der Waals surface area contributed by atoms with E-state index in [0.717, 1.165) is 13.1 Å². The van der Waals surface area contributed by atoms with Gasteiger partial charge in [0.15, 0.2) is 0 Å². The first-order valence-electron chi connectivity index (χ1n) is 6.78. The van der Waals surface area contributed by atoms with Crippen molar-refractivity contribution in [2.75, 3.05) is 26.7 Å². The minimum absolute atomic E-state index is 0.00662. The maximum Gasteiger partial charge on any atom is 0.319 e. The molecule has 2 amide bonds. The van der Waals surface area contributed by atoms with Gasteiger partial charge in [-0.3, -0.25) is 4.79 Å². The molecule has 1 aliphatic carbocycles. The van der Waals surface area contributed by atoms with Crippen molar-refractivity contribution in [1.29, 1.82) is 0 Å². The Kier molecular flexibility index (Phi) is 4.09. The molecule has 1 saturated heterocycles. The Morgan fingerprint density at radius 1 is 1.28 bits per heavy atom. The highest BCUT2D eigenvalue weighted by molar-refractivity contribution is 5.75. The molecule has 1 heterocycles. The van der Waals surface area contributed by atoms with Crippen LogP contribution in [-0.2, 0) is 4.79 Å². The zero-order valence-corrected chi connectivity index (χ0v) is 11.0. The monoisotopic (exact) mass is 254 g/mol. The molecule has 0 radical (unpaired) electrons. The quantitative estimate of drug-likeness (QED) is 0.832. The zero-order valence-electron chi connectivity index (χ0n) is 11.0. The summed E-state index contributed by atoms with van der Waals surface area (Å²) in [7, 11) is 1.69. The topological polar surface area (TPSA) is 60.9 Å². The number of carboxylic acid groups (broad SMARTS) is 1.